The van der Waals surface area contributed by atoms with Crippen molar-refractivity contribution in [3.05, 3.63) is 22.9 Å². The van der Waals surface area contributed by atoms with E-state index in [2.05, 4.69) is 15.9 Å². The van der Waals surface area contributed by atoms with Gasteiger partial charge in [0.1, 0.15) is 5.60 Å². The number of imidazole rings is 1. The Hall–Kier alpha value is -1.04. The second-order valence-electron chi connectivity index (χ2n) is 5.37. The lowest BCUT2D eigenvalue weighted by atomic mass is 10.2. The molecule has 0 atom stereocenters. The zero-order valence-corrected chi connectivity index (χ0v) is 13.3. The Morgan fingerprint density at radius 2 is 1.95 bits per heavy atom. The van der Waals surface area contributed by atoms with Crippen LogP contribution in [0.4, 0.5) is 4.79 Å². The van der Waals surface area contributed by atoms with Gasteiger partial charge in [0.2, 0.25) is 0 Å². The highest BCUT2D eigenvalue weighted by Crippen LogP contribution is 2.08. The van der Waals surface area contributed by atoms with E-state index in [-0.39, 0.29) is 5.69 Å². The van der Waals surface area contributed by atoms with Crippen molar-refractivity contribution in [1.29, 1.82) is 0 Å². The summed E-state index contributed by atoms with van der Waals surface area (Å²) < 4.78 is 7.71. The molecule has 0 aliphatic carbocycles. The van der Waals surface area contributed by atoms with Crippen molar-refractivity contribution in [3.63, 3.8) is 0 Å². The van der Waals surface area contributed by atoms with E-state index in [0.717, 1.165) is 29.2 Å². The van der Waals surface area contributed by atoms with E-state index in [1.807, 2.05) is 0 Å². The summed E-state index contributed by atoms with van der Waals surface area (Å²) in [7, 11) is 0. The Morgan fingerprint density at radius 3 is 2.53 bits per heavy atom. The van der Waals surface area contributed by atoms with Gasteiger partial charge in [-0.1, -0.05) is 22.4 Å². The average molecular weight is 333 g/mol. The molecular weight excluding hydrogens is 312 g/mol. The van der Waals surface area contributed by atoms with Crippen molar-refractivity contribution < 1.29 is 9.53 Å². The normalized spacial score (nSPS) is 11.6. The van der Waals surface area contributed by atoms with Crippen molar-refractivity contribution in [1.82, 2.24) is 9.13 Å². The molecule has 0 fully saturated rings. The quantitative estimate of drug-likeness (QED) is 0.615. The largest absolute Gasteiger partial charge is 0.443 e. The van der Waals surface area contributed by atoms with Gasteiger partial charge in [0.05, 0.1) is 0 Å². The maximum Gasteiger partial charge on any atom is 0.422 e. The van der Waals surface area contributed by atoms with Gasteiger partial charge in [-0.3, -0.25) is 4.57 Å². The molecule has 0 saturated carbocycles. The molecule has 0 spiro atoms. The van der Waals surface area contributed by atoms with Crippen LogP contribution in [0, 0.1) is 0 Å². The molecule has 1 aromatic rings. The third-order valence-corrected chi connectivity index (χ3v) is 3.03. The minimum Gasteiger partial charge on any atom is -0.443 e. The molecule has 1 heterocycles. The molecule has 6 heteroatoms. The first-order valence-electron chi connectivity index (χ1n) is 6.42. The Bertz CT molecular complexity index is 471. The number of alkyl halides is 1. The predicted octanol–water partition coefficient (Wildman–Crippen LogP) is 3.00. The Morgan fingerprint density at radius 1 is 1.26 bits per heavy atom. The maximum absolute atomic E-state index is 12.0. The Labute approximate surface area is 121 Å². The molecule has 108 valence electrons. The minimum atomic E-state index is -0.628. The molecular formula is C13H21BrN2O3. The van der Waals surface area contributed by atoms with Crippen LogP contribution in [0.2, 0.25) is 0 Å². The summed E-state index contributed by atoms with van der Waals surface area (Å²) in [5.41, 5.74) is -0.942. The number of unbranched alkanes of at least 4 members (excludes halogenated alkanes) is 2. The molecule has 0 unspecified atom stereocenters. The Kier molecular flexibility index (Phi) is 5.85. The summed E-state index contributed by atoms with van der Waals surface area (Å²) in [6, 6.07) is 0. The number of hydrogen-bond donors (Lipinski definition) is 0. The van der Waals surface area contributed by atoms with Crippen molar-refractivity contribution in [2.24, 2.45) is 0 Å². The fraction of sp³-hybridized carbons (Fsp3) is 0.692. The molecule has 0 aliphatic rings. The highest BCUT2D eigenvalue weighted by Gasteiger charge is 2.19. The van der Waals surface area contributed by atoms with Crippen molar-refractivity contribution in [2.75, 3.05) is 5.33 Å². The highest BCUT2D eigenvalue weighted by atomic mass is 79.9. The van der Waals surface area contributed by atoms with Crippen LogP contribution in [0.5, 0.6) is 0 Å². The number of aromatic nitrogens is 2. The van der Waals surface area contributed by atoms with Gasteiger partial charge in [0.25, 0.3) is 0 Å². The van der Waals surface area contributed by atoms with E-state index >= 15 is 0 Å². The Balaban J connectivity index is 2.65. The van der Waals surface area contributed by atoms with E-state index in [0.29, 0.717) is 6.54 Å². The number of carbonyl (C=O) groups excluding carboxylic acids is 1. The van der Waals surface area contributed by atoms with Crippen LogP contribution in [-0.4, -0.2) is 26.2 Å². The molecule has 1 aromatic heterocycles. The van der Waals surface area contributed by atoms with Crippen molar-refractivity contribution in [2.45, 2.75) is 52.2 Å². The van der Waals surface area contributed by atoms with Gasteiger partial charge >= 0.3 is 11.8 Å². The molecule has 0 N–H and O–H groups in total. The first-order valence-corrected chi connectivity index (χ1v) is 7.54. The van der Waals surface area contributed by atoms with Gasteiger partial charge in [0.15, 0.2) is 0 Å². The lowest BCUT2D eigenvalue weighted by molar-refractivity contribution is 0.0530. The van der Waals surface area contributed by atoms with Crippen molar-refractivity contribution in [3.8, 4) is 0 Å². The third kappa shape index (κ3) is 5.22. The number of nitrogens with zero attached hydrogens (tertiary/aromatic N) is 2. The topological polar surface area (TPSA) is 53.2 Å². The molecule has 0 saturated heterocycles. The van der Waals surface area contributed by atoms with Crippen LogP contribution in [0.3, 0.4) is 0 Å². The summed E-state index contributed by atoms with van der Waals surface area (Å²) in [5.74, 6) is 0. The summed E-state index contributed by atoms with van der Waals surface area (Å²) in [5, 5.41) is 0.973. The van der Waals surface area contributed by atoms with Crippen LogP contribution in [0.15, 0.2) is 17.2 Å². The summed E-state index contributed by atoms with van der Waals surface area (Å²) >= 11 is 3.37. The van der Waals surface area contributed by atoms with E-state index < -0.39 is 11.7 Å². The molecule has 0 aromatic carbocycles. The highest BCUT2D eigenvalue weighted by molar-refractivity contribution is 9.09. The zero-order chi connectivity index (χ0) is 14.5. The lowest BCUT2D eigenvalue weighted by Crippen LogP contribution is -2.34. The fourth-order valence-corrected chi connectivity index (χ4v) is 1.98. The smallest absolute Gasteiger partial charge is 0.422 e. The lowest BCUT2D eigenvalue weighted by Gasteiger charge is -2.18. The molecule has 0 bridgehead atoms. The average Bonchev–Trinajstić information content (AvgIpc) is 2.64. The summed E-state index contributed by atoms with van der Waals surface area (Å²) in [4.78, 5) is 23.8. The standard InChI is InChI=1S/C13H21BrN2O3/c1-13(2,3)19-12(18)16-10-9-15(11(16)17)8-6-4-5-7-14/h9-10H,4-8H2,1-3H3. The number of hydrogen-bond acceptors (Lipinski definition) is 3. The van der Waals surface area contributed by atoms with Gasteiger partial charge < -0.3 is 4.74 Å². The van der Waals surface area contributed by atoms with Gasteiger partial charge in [-0.05, 0) is 33.6 Å². The van der Waals surface area contributed by atoms with Gasteiger partial charge in [-0.15, -0.1) is 0 Å². The molecule has 0 amide bonds. The fourth-order valence-electron chi connectivity index (χ4n) is 1.59. The number of rotatable bonds is 5. The van der Waals surface area contributed by atoms with Crippen LogP contribution < -0.4 is 5.69 Å². The van der Waals surface area contributed by atoms with Crippen LogP contribution in [0.25, 0.3) is 0 Å². The summed E-state index contributed by atoms with van der Waals surface area (Å²) in [6.45, 7) is 5.94. The van der Waals surface area contributed by atoms with Crippen LogP contribution in [-0.2, 0) is 11.3 Å². The van der Waals surface area contributed by atoms with Gasteiger partial charge in [-0.25, -0.2) is 14.2 Å². The van der Waals surface area contributed by atoms with E-state index in [4.69, 9.17) is 4.74 Å². The van der Waals surface area contributed by atoms with E-state index in [1.54, 1.807) is 27.0 Å². The van der Waals surface area contributed by atoms with Gasteiger partial charge in [-0.2, -0.15) is 0 Å². The van der Waals surface area contributed by atoms with Crippen LogP contribution in [0.1, 0.15) is 40.0 Å². The van der Waals surface area contributed by atoms with Gasteiger partial charge in [0, 0.05) is 24.3 Å². The second-order valence-corrected chi connectivity index (χ2v) is 6.17. The van der Waals surface area contributed by atoms with E-state index in [9.17, 15) is 9.59 Å². The van der Waals surface area contributed by atoms with E-state index in [1.165, 1.54) is 10.8 Å². The number of halogens is 1. The molecule has 19 heavy (non-hydrogen) atoms. The number of ether oxygens (including phenoxy) is 1. The second kappa shape index (κ2) is 6.93. The minimum absolute atomic E-state index is 0.340. The zero-order valence-electron chi connectivity index (χ0n) is 11.7. The molecule has 0 aliphatic heterocycles. The first kappa shape index (κ1) is 16.0. The number of aryl methyl sites for hydroxylation is 1. The third-order valence-electron chi connectivity index (χ3n) is 2.47. The summed E-state index contributed by atoms with van der Waals surface area (Å²) in [6.07, 6.45) is 5.51. The molecule has 5 nitrogen and oxygen atoms in total. The van der Waals surface area contributed by atoms with Crippen LogP contribution >= 0.6 is 15.9 Å². The molecule has 0 radical (unpaired) electrons. The number of carbonyl (C=O) groups is 1. The predicted molar refractivity (Wildman–Crippen MR) is 78.0 cm³/mol. The molecule has 1 rings (SSSR count). The SMILES string of the molecule is CC(C)(C)OC(=O)n1ccn(CCCCCBr)c1=O. The van der Waals surface area contributed by atoms with Crippen molar-refractivity contribution >= 4 is 22.0 Å². The maximum atomic E-state index is 12.0. The monoisotopic (exact) mass is 332 g/mol. The first-order chi connectivity index (χ1) is 8.85.